The standard InChI is InChI=1S/C13H10N2OS/c1-9(16)12-7-15(10-6-14-17-8-10)13-5-3-2-4-11(12)13/h2-8H,1H3. The third-order valence-corrected chi connectivity index (χ3v) is 3.36. The Kier molecular flexibility index (Phi) is 2.30. The Balaban J connectivity index is 2.37. The lowest BCUT2D eigenvalue weighted by Gasteiger charge is -1.99. The Morgan fingerprint density at radius 1 is 1.35 bits per heavy atom. The highest BCUT2D eigenvalue weighted by atomic mass is 32.1. The molecule has 0 aliphatic heterocycles. The largest absolute Gasteiger partial charge is 0.313 e. The van der Waals surface area contributed by atoms with Crippen LogP contribution in [0.4, 0.5) is 0 Å². The van der Waals surface area contributed by atoms with Gasteiger partial charge in [-0.2, -0.15) is 4.37 Å². The highest BCUT2D eigenvalue weighted by molar-refractivity contribution is 7.03. The van der Waals surface area contributed by atoms with Crippen molar-refractivity contribution >= 4 is 28.2 Å². The van der Waals surface area contributed by atoms with Gasteiger partial charge in [0.15, 0.2) is 5.78 Å². The summed E-state index contributed by atoms with van der Waals surface area (Å²) >= 11 is 1.40. The molecule has 4 heteroatoms. The van der Waals surface area contributed by atoms with Crippen molar-refractivity contribution in [3.8, 4) is 5.69 Å². The highest BCUT2D eigenvalue weighted by Gasteiger charge is 2.12. The zero-order valence-corrected chi connectivity index (χ0v) is 10.1. The molecule has 0 unspecified atom stereocenters. The lowest BCUT2D eigenvalue weighted by Crippen LogP contribution is -1.90. The fourth-order valence-electron chi connectivity index (χ4n) is 1.99. The maximum Gasteiger partial charge on any atom is 0.161 e. The number of nitrogens with zero attached hydrogens (tertiary/aromatic N) is 2. The fraction of sp³-hybridized carbons (Fsp3) is 0.0769. The van der Waals surface area contributed by atoms with Gasteiger partial charge in [-0.05, 0) is 24.5 Å². The second-order valence-electron chi connectivity index (χ2n) is 3.87. The molecule has 0 atom stereocenters. The first-order valence-electron chi connectivity index (χ1n) is 5.28. The van der Waals surface area contributed by atoms with E-state index in [1.54, 1.807) is 13.1 Å². The number of hydrogen-bond donors (Lipinski definition) is 0. The van der Waals surface area contributed by atoms with E-state index in [0.29, 0.717) is 0 Å². The summed E-state index contributed by atoms with van der Waals surface area (Å²) in [5.41, 5.74) is 2.79. The van der Waals surface area contributed by atoms with E-state index >= 15 is 0 Å². The molecule has 0 fully saturated rings. The lowest BCUT2D eigenvalue weighted by atomic mass is 10.1. The van der Waals surface area contributed by atoms with Gasteiger partial charge in [-0.3, -0.25) is 4.79 Å². The van der Waals surface area contributed by atoms with Crippen LogP contribution in [0.5, 0.6) is 0 Å². The third kappa shape index (κ3) is 1.57. The van der Waals surface area contributed by atoms with E-state index in [9.17, 15) is 4.79 Å². The SMILES string of the molecule is CC(=O)c1cn(-c2cnsc2)c2ccccc12. The van der Waals surface area contributed by atoms with Crippen LogP contribution in [-0.2, 0) is 0 Å². The van der Waals surface area contributed by atoms with Crippen LogP contribution in [0, 0.1) is 0 Å². The summed E-state index contributed by atoms with van der Waals surface area (Å²) < 4.78 is 6.10. The van der Waals surface area contributed by atoms with E-state index in [-0.39, 0.29) is 5.78 Å². The molecule has 0 bridgehead atoms. The fourth-order valence-corrected chi connectivity index (χ4v) is 2.50. The number of aromatic nitrogens is 2. The first-order valence-corrected chi connectivity index (χ1v) is 6.12. The van der Waals surface area contributed by atoms with Crippen molar-refractivity contribution in [2.24, 2.45) is 0 Å². The van der Waals surface area contributed by atoms with Crippen molar-refractivity contribution in [1.82, 2.24) is 8.94 Å². The monoisotopic (exact) mass is 242 g/mol. The Morgan fingerprint density at radius 2 is 2.18 bits per heavy atom. The molecule has 17 heavy (non-hydrogen) atoms. The summed E-state index contributed by atoms with van der Waals surface area (Å²) in [5, 5.41) is 2.96. The van der Waals surface area contributed by atoms with E-state index in [2.05, 4.69) is 4.37 Å². The number of Topliss-reactive ketones (excluding diaryl/α,β-unsaturated/α-hetero) is 1. The van der Waals surface area contributed by atoms with Gasteiger partial charge in [0.1, 0.15) is 0 Å². The van der Waals surface area contributed by atoms with Crippen molar-refractivity contribution in [2.45, 2.75) is 6.92 Å². The molecule has 3 nitrogen and oxygen atoms in total. The normalized spacial score (nSPS) is 10.9. The van der Waals surface area contributed by atoms with Gasteiger partial charge in [0.25, 0.3) is 0 Å². The van der Waals surface area contributed by atoms with Crippen LogP contribution in [0.3, 0.4) is 0 Å². The number of carbonyl (C=O) groups is 1. The van der Waals surface area contributed by atoms with Crippen LogP contribution in [-0.4, -0.2) is 14.7 Å². The molecular formula is C13H10N2OS. The molecule has 2 heterocycles. The molecule has 1 aromatic carbocycles. The summed E-state index contributed by atoms with van der Waals surface area (Å²) in [6.07, 6.45) is 3.69. The quantitative estimate of drug-likeness (QED) is 0.646. The van der Waals surface area contributed by atoms with Crippen LogP contribution in [0.15, 0.2) is 42.0 Å². The molecule has 0 N–H and O–H groups in total. The molecule has 0 spiro atoms. The molecular weight excluding hydrogens is 232 g/mol. The summed E-state index contributed by atoms with van der Waals surface area (Å²) in [6, 6.07) is 7.91. The van der Waals surface area contributed by atoms with Crippen LogP contribution in [0.25, 0.3) is 16.6 Å². The molecule has 84 valence electrons. The van der Waals surface area contributed by atoms with Crippen molar-refractivity contribution in [3.63, 3.8) is 0 Å². The van der Waals surface area contributed by atoms with Gasteiger partial charge in [-0.15, -0.1) is 0 Å². The number of rotatable bonds is 2. The molecule has 0 amide bonds. The van der Waals surface area contributed by atoms with Gasteiger partial charge in [0.2, 0.25) is 0 Å². The average molecular weight is 242 g/mol. The summed E-state index contributed by atoms with van der Waals surface area (Å²) in [5.74, 6) is 0.0862. The number of ketones is 1. The number of fused-ring (bicyclic) bond motifs is 1. The molecule has 0 saturated heterocycles. The van der Waals surface area contributed by atoms with Gasteiger partial charge < -0.3 is 4.57 Å². The number of para-hydroxylation sites is 1. The molecule has 0 aliphatic rings. The second kappa shape index (κ2) is 3.82. The smallest absolute Gasteiger partial charge is 0.161 e. The molecule has 0 saturated carbocycles. The molecule has 0 radical (unpaired) electrons. The Labute approximate surface area is 102 Å². The third-order valence-electron chi connectivity index (χ3n) is 2.79. The zero-order chi connectivity index (χ0) is 11.8. The summed E-state index contributed by atoms with van der Waals surface area (Å²) in [7, 11) is 0. The molecule has 3 rings (SSSR count). The maximum absolute atomic E-state index is 11.6. The molecule has 3 aromatic rings. The predicted octanol–water partition coefficient (Wildman–Crippen LogP) is 3.29. The maximum atomic E-state index is 11.6. The van der Waals surface area contributed by atoms with Gasteiger partial charge in [0, 0.05) is 22.5 Å². The predicted molar refractivity (Wildman–Crippen MR) is 69.0 cm³/mol. The Hall–Kier alpha value is -1.94. The van der Waals surface area contributed by atoms with Crippen LogP contribution < -0.4 is 0 Å². The first-order chi connectivity index (χ1) is 8.27. The van der Waals surface area contributed by atoms with E-state index < -0.39 is 0 Å². The average Bonchev–Trinajstić information content (AvgIpc) is 2.95. The molecule has 2 aromatic heterocycles. The number of hydrogen-bond acceptors (Lipinski definition) is 3. The second-order valence-corrected chi connectivity index (χ2v) is 4.53. The van der Waals surface area contributed by atoms with Crippen LogP contribution in [0.2, 0.25) is 0 Å². The Morgan fingerprint density at radius 3 is 2.88 bits per heavy atom. The minimum Gasteiger partial charge on any atom is -0.313 e. The van der Waals surface area contributed by atoms with Crippen molar-refractivity contribution in [3.05, 3.63) is 47.6 Å². The van der Waals surface area contributed by atoms with Crippen molar-refractivity contribution < 1.29 is 4.79 Å². The van der Waals surface area contributed by atoms with Crippen LogP contribution in [0.1, 0.15) is 17.3 Å². The first kappa shape index (κ1) is 10.2. The van der Waals surface area contributed by atoms with Gasteiger partial charge in [0.05, 0.1) is 17.4 Å². The van der Waals surface area contributed by atoms with Gasteiger partial charge >= 0.3 is 0 Å². The Bertz CT molecular complexity index is 683. The lowest BCUT2D eigenvalue weighted by molar-refractivity contribution is 0.101. The summed E-state index contributed by atoms with van der Waals surface area (Å²) in [6.45, 7) is 1.60. The minimum absolute atomic E-state index is 0.0862. The van der Waals surface area contributed by atoms with Gasteiger partial charge in [-0.25, -0.2) is 0 Å². The minimum atomic E-state index is 0.0862. The molecule has 0 aliphatic carbocycles. The van der Waals surface area contributed by atoms with E-state index in [1.165, 1.54) is 11.5 Å². The van der Waals surface area contributed by atoms with Crippen molar-refractivity contribution in [1.29, 1.82) is 0 Å². The van der Waals surface area contributed by atoms with Crippen molar-refractivity contribution in [2.75, 3.05) is 0 Å². The van der Waals surface area contributed by atoms with E-state index in [1.807, 2.05) is 40.4 Å². The van der Waals surface area contributed by atoms with E-state index in [0.717, 1.165) is 22.2 Å². The van der Waals surface area contributed by atoms with E-state index in [4.69, 9.17) is 0 Å². The summed E-state index contributed by atoms with van der Waals surface area (Å²) in [4.78, 5) is 11.6. The topological polar surface area (TPSA) is 34.9 Å². The zero-order valence-electron chi connectivity index (χ0n) is 9.25. The van der Waals surface area contributed by atoms with Crippen LogP contribution >= 0.6 is 11.5 Å². The highest BCUT2D eigenvalue weighted by Crippen LogP contribution is 2.25. The number of carbonyl (C=O) groups excluding carboxylic acids is 1. The van der Waals surface area contributed by atoms with Gasteiger partial charge in [-0.1, -0.05) is 18.2 Å². The number of benzene rings is 1.